The van der Waals surface area contributed by atoms with Crippen molar-refractivity contribution < 1.29 is 9.53 Å². The van der Waals surface area contributed by atoms with E-state index in [4.69, 9.17) is 4.74 Å². The molecule has 9 nitrogen and oxygen atoms in total. The standard InChI is InChI=1S/C18H23N7O2/c26-17(25-7-9-27-10-8-25)13-1-3-14(4-2-13)21-16-12-20-24-18(23-16)22-15-5-6-19-11-15/h1-4,12,15,19H,5-11H2,(H2,21,22,23,24)/t15-/m1/s1. The van der Waals surface area contributed by atoms with E-state index in [2.05, 4.69) is 31.1 Å². The maximum atomic E-state index is 12.5. The van der Waals surface area contributed by atoms with Gasteiger partial charge in [-0.15, -0.1) is 5.10 Å². The lowest BCUT2D eigenvalue weighted by atomic mass is 10.1. The van der Waals surface area contributed by atoms with E-state index in [-0.39, 0.29) is 5.91 Å². The molecule has 2 saturated heterocycles. The van der Waals surface area contributed by atoms with Gasteiger partial charge in [0.2, 0.25) is 5.95 Å². The highest BCUT2D eigenvalue weighted by molar-refractivity contribution is 5.94. The predicted octanol–water partition coefficient (Wildman–Crippen LogP) is 0.861. The highest BCUT2D eigenvalue weighted by Crippen LogP contribution is 2.17. The number of amides is 1. The number of rotatable bonds is 5. The van der Waals surface area contributed by atoms with Crippen molar-refractivity contribution in [3.63, 3.8) is 0 Å². The van der Waals surface area contributed by atoms with E-state index in [1.807, 2.05) is 29.2 Å². The molecular weight excluding hydrogens is 346 g/mol. The molecule has 27 heavy (non-hydrogen) atoms. The first-order valence-corrected chi connectivity index (χ1v) is 9.19. The van der Waals surface area contributed by atoms with E-state index in [9.17, 15) is 4.79 Å². The molecule has 0 aliphatic carbocycles. The molecule has 0 unspecified atom stereocenters. The fraction of sp³-hybridized carbons (Fsp3) is 0.444. The van der Waals surface area contributed by atoms with Crippen molar-refractivity contribution in [3.8, 4) is 0 Å². The molecule has 2 aliphatic heterocycles. The summed E-state index contributed by atoms with van der Waals surface area (Å²) in [6.07, 6.45) is 2.62. The van der Waals surface area contributed by atoms with Crippen LogP contribution in [0.25, 0.3) is 0 Å². The van der Waals surface area contributed by atoms with Crippen LogP contribution in [0, 0.1) is 0 Å². The average Bonchev–Trinajstić information content (AvgIpc) is 3.22. The molecule has 1 atom stereocenters. The lowest BCUT2D eigenvalue weighted by Gasteiger charge is -2.26. The predicted molar refractivity (Wildman–Crippen MR) is 101 cm³/mol. The number of anilines is 3. The third-order valence-electron chi connectivity index (χ3n) is 4.65. The Balaban J connectivity index is 1.38. The number of carbonyl (C=O) groups excluding carboxylic acids is 1. The Kier molecular flexibility index (Phi) is 5.40. The second-order valence-electron chi connectivity index (χ2n) is 6.61. The summed E-state index contributed by atoms with van der Waals surface area (Å²) in [6, 6.07) is 7.69. The van der Waals surface area contributed by atoms with Gasteiger partial charge in [-0.1, -0.05) is 0 Å². The Hall–Kier alpha value is -2.78. The first-order valence-electron chi connectivity index (χ1n) is 9.19. The van der Waals surface area contributed by atoms with Gasteiger partial charge >= 0.3 is 0 Å². The fourth-order valence-electron chi connectivity index (χ4n) is 3.18. The molecular formula is C18H23N7O2. The van der Waals surface area contributed by atoms with Crippen molar-refractivity contribution >= 4 is 23.4 Å². The molecule has 0 radical (unpaired) electrons. The number of nitrogens with zero attached hydrogens (tertiary/aromatic N) is 4. The third-order valence-corrected chi connectivity index (χ3v) is 4.65. The molecule has 0 spiro atoms. The van der Waals surface area contributed by atoms with Gasteiger partial charge in [-0.3, -0.25) is 4.79 Å². The van der Waals surface area contributed by atoms with Crippen LogP contribution >= 0.6 is 0 Å². The Morgan fingerprint density at radius 1 is 1.22 bits per heavy atom. The second-order valence-corrected chi connectivity index (χ2v) is 6.61. The number of carbonyl (C=O) groups is 1. The van der Waals surface area contributed by atoms with Crippen molar-refractivity contribution in [1.82, 2.24) is 25.4 Å². The van der Waals surface area contributed by atoms with Crippen molar-refractivity contribution in [2.24, 2.45) is 0 Å². The maximum Gasteiger partial charge on any atom is 0.254 e. The van der Waals surface area contributed by atoms with E-state index >= 15 is 0 Å². The van der Waals surface area contributed by atoms with Crippen LogP contribution in [0.15, 0.2) is 30.5 Å². The summed E-state index contributed by atoms with van der Waals surface area (Å²) in [4.78, 5) is 18.8. The number of hydrogen-bond donors (Lipinski definition) is 3. The molecule has 2 aliphatic rings. The van der Waals surface area contributed by atoms with E-state index < -0.39 is 0 Å². The van der Waals surface area contributed by atoms with Crippen molar-refractivity contribution in [2.45, 2.75) is 12.5 Å². The topological polar surface area (TPSA) is 104 Å². The van der Waals surface area contributed by atoms with E-state index in [1.54, 1.807) is 6.20 Å². The molecule has 1 amide bonds. The van der Waals surface area contributed by atoms with Gasteiger partial charge < -0.3 is 25.6 Å². The number of ether oxygens (including phenoxy) is 1. The normalized spacial score (nSPS) is 19.7. The highest BCUT2D eigenvalue weighted by atomic mass is 16.5. The molecule has 4 rings (SSSR count). The van der Waals surface area contributed by atoms with Crippen LogP contribution in [0.2, 0.25) is 0 Å². The van der Waals surface area contributed by atoms with Crippen molar-refractivity contribution in [2.75, 3.05) is 50.0 Å². The Labute approximate surface area is 157 Å². The monoisotopic (exact) mass is 369 g/mol. The van der Waals surface area contributed by atoms with Gasteiger partial charge in [-0.25, -0.2) is 0 Å². The van der Waals surface area contributed by atoms with Gasteiger partial charge in [-0.05, 0) is 37.2 Å². The molecule has 0 saturated carbocycles. The zero-order valence-corrected chi connectivity index (χ0v) is 15.0. The van der Waals surface area contributed by atoms with Gasteiger partial charge in [0.05, 0.1) is 19.4 Å². The first-order chi connectivity index (χ1) is 13.3. The summed E-state index contributed by atoms with van der Waals surface area (Å²) in [5, 5.41) is 17.8. The summed E-state index contributed by atoms with van der Waals surface area (Å²) >= 11 is 0. The van der Waals surface area contributed by atoms with Gasteiger partial charge in [0, 0.05) is 36.9 Å². The minimum absolute atomic E-state index is 0.0326. The van der Waals surface area contributed by atoms with Gasteiger partial charge in [0.25, 0.3) is 5.91 Å². The molecule has 1 aromatic heterocycles. The van der Waals surface area contributed by atoms with E-state index in [0.717, 1.165) is 25.2 Å². The summed E-state index contributed by atoms with van der Waals surface area (Å²) in [5.41, 5.74) is 1.50. The summed E-state index contributed by atoms with van der Waals surface area (Å²) < 4.78 is 5.29. The minimum atomic E-state index is 0.0326. The first kappa shape index (κ1) is 17.6. The molecule has 2 fully saturated rings. The number of benzene rings is 1. The summed E-state index contributed by atoms with van der Waals surface area (Å²) in [5.74, 6) is 1.14. The van der Waals surface area contributed by atoms with Crippen LogP contribution in [0.1, 0.15) is 16.8 Å². The van der Waals surface area contributed by atoms with Gasteiger partial charge in [-0.2, -0.15) is 10.1 Å². The van der Waals surface area contributed by atoms with Crippen LogP contribution < -0.4 is 16.0 Å². The van der Waals surface area contributed by atoms with Crippen LogP contribution in [0.5, 0.6) is 0 Å². The smallest absolute Gasteiger partial charge is 0.254 e. The SMILES string of the molecule is O=C(c1ccc(Nc2cnnc(N[C@@H]3CCNC3)n2)cc1)N1CCOCC1. The van der Waals surface area contributed by atoms with Crippen LogP contribution in [-0.2, 0) is 4.74 Å². The largest absolute Gasteiger partial charge is 0.378 e. The lowest BCUT2D eigenvalue weighted by Crippen LogP contribution is -2.40. The molecule has 142 valence electrons. The van der Waals surface area contributed by atoms with Crippen molar-refractivity contribution in [1.29, 1.82) is 0 Å². The highest BCUT2D eigenvalue weighted by Gasteiger charge is 2.18. The zero-order chi connectivity index (χ0) is 18.5. The molecule has 3 heterocycles. The molecule has 9 heteroatoms. The molecule has 2 aromatic rings. The number of nitrogens with one attached hydrogen (secondary N) is 3. The van der Waals surface area contributed by atoms with Crippen molar-refractivity contribution in [3.05, 3.63) is 36.0 Å². The fourth-order valence-corrected chi connectivity index (χ4v) is 3.18. The van der Waals surface area contributed by atoms with E-state index in [0.29, 0.717) is 49.7 Å². The number of aromatic nitrogens is 3. The van der Waals surface area contributed by atoms with Crippen LogP contribution in [0.3, 0.4) is 0 Å². The average molecular weight is 369 g/mol. The lowest BCUT2D eigenvalue weighted by molar-refractivity contribution is 0.0303. The van der Waals surface area contributed by atoms with E-state index in [1.165, 1.54) is 0 Å². The Morgan fingerprint density at radius 2 is 2.04 bits per heavy atom. The minimum Gasteiger partial charge on any atom is -0.378 e. The Morgan fingerprint density at radius 3 is 2.78 bits per heavy atom. The second kappa shape index (κ2) is 8.28. The van der Waals surface area contributed by atoms with Crippen LogP contribution in [0.4, 0.5) is 17.5 Å². The van der Waals surface area contributed by atoms with Gasteiger partial charge in [0.15, 0.2) is 5.82 Å². The molecule has 0 bridgehead atoms. The third kappa shape index (κ3) is 4.50. The number of morpholine rings is 1. The van der Waals surface area contributed by atoms with Gasteiger partial charge in [0.1, 0.15) is 0 Å². The maximum absolute atomic E-state index is 12.5. The summed E-state index contributed by atoms with van der Waals surface area (Å²) in [6.45, 7) is 4.37. The molecule has 3 N–H and O–H groups in total. The zero-order valence-electron chi connectivity index (χ0n) is 15.0. The summed E-state index contributed by atoms with van der Waals surface area (Å²) in [7, 11) is 0. The van der Waals surface area contributed by atoms with Crippen LogP contribution in [-0.4, -0.2) is 71.4 Å². The molecule has 1 aromatic carbocycles. The quantitative estimate of drug-likeness (QED) is 0.713. The Bertz CT molecular complexity index is 772. The number of hydrogen-bond acceptors (Lipinski definition) is 8.